The summed E-state index contributed by atoms with van der Waals surface area (Å²) in [6, 6.07) is -0.491. The van der Waals surface area contributed by atoms with E-state index >= 15 is 0 Å². The maximum atomic E-state index is 12.1. The lowest BCUT2D eigenvalue weighted by Crippen LogP contribution is -2.47. The maximum Gasteiger partial charge on any atom is 0.327 e. The normalized spacial score (nSPS) is 23.4. The number of nitrogens with zero attached hydrogens (tertiary/aromatic N) is 3. The fourth-order valence-electron chi connectivity index (χ4n) is 2.46. The molecular formula is C12H17N3O5. The van der Waals surface area contributed by atoms with Crippen LogP contribution in [0.3, 0.4) is 0 Å². The Morgan fingerprint density at radius 3 is 2.60 bits per heavy atom. The van der Waals surface area contributed by atoms with Crippen molar-refractivity contribution in [2.75, 3.05) is 33.2 Å². The number of hydrogen-bond acceptors (Lipinski definition) is 4. The highest BCUT2D eigenvalue weighted by Crippen LogP contribution is 2.17. The van der Waals surface area contributed by atoms with Crippen molar-refractivity contribution < 1.29 is 24.3 Å². The zero-order chi connectivity index (χ0) is 14.9. The number of rotatable bonds is 3. The molecule has 0 aromatic rings. The van der Waals surface area contributed by atoms with Crippen LogP contribution in [0.5, 0.6) is 0 Å². The minimum Gasteiger partial charge on any atom is -0.481 e. The molecule has 2 saturated heterocycles. The van der Waals surface area contributed by atoms with Gasteiger partial charge < -0.3 is 14.9 Å². The minimum absolute atomic E-state index is 0.0239. The zero-order valence-electron chi connectivity index (χ0n) is 11.2. The average molecular weight is 283 g/mol. The van der Waals surface area contributed by atoms with Gasteiger partial charge in [0.2, 0.25) is 5.91 Å². The standard InChI is InChI=1S/C12H17N3O5/c1-13-6-10(17)15(12(13)20)7-9(16)14-4-2-3-8(5-14)11(18)19/h8H,2-7H2,1H3,(H,18,19)/t8-/m0/s1. The molecule has 8 heteroatoms. The molecule has 2 fully saturated rings. The Labute approximate surface area is 115 Å². The quantitative estimate of drug-likeness (QED) is 0.684. The molecule has 0 bridgehead atoms. The van der Waals surface area contributed by atoms with Gasteiger partial charge in [0.05, 0.1) is 5.92 Å². The van der Waals surface area contributed by atoms with E-state index in [9.17, 15) is 19.2 Å². The first-order valence-corrected chi connectivity index (χ1v) is 6.46. The number of likely N-dealkylation sites (tertiary alicyclic amines) is 1. The first-order chi connectivity index (χ1) is 9.40. The van der Waals surface area contributed by atoms with Gasteiger partial charge in [0.1, 0.15) is 13.1 Å². The van der Waals surface area contributed by atoms with E-state index in [-0.39, 0.29) is 25.5 Å². The number of carboxylic acids is 1. The molecule has 20 heavy (non-hydrogen) atoms. The van der Waals surface area contributed by atoms with Crippen LogP contribution < -0.4 is 0 Å². The van der Waals surface area contributed by atoms with Crippen molar-refractivity contribution >= 4 is 23.8 Å². The summed E-state index contributed by atoms with van der Waals surface area (Å²) in [5.41, 5.74) is 0. The van der Waals surface area contributed by atoms with E-state index in [4.69, 9.17) is 5.11 Å². The number of imide groups is 1. The van der Waals surface area contributed by atoms with Crippen LogP contribution in [-0.4, -0.2) is 76.8 Å². The van der Waals surface area contributed by atoms with E-state index in [0.717, 1.165) is 4.90 Å². The van der Waals surface area contributed by atoms with Gasteiger partial charge in [-0.15, -0.1) is 0 Å². The van der Waals surface area contributed by atoms with E-state index in [2.05, 4.69) is 0 Å². The minimum atomic E-state index is -0.921. The van der Waals surface area contributed by atoms with Gasteiger partial charge in [0.15, 0.2) is 0 Å². The Hall–Kier alpha value is -2.12. The second kappa shape index (κ2) is 5.48. The van der Waals surface area contributed by atoms with Crippen LogP contribution >= 0.6 is 0 Å². The summed E-state index contributed by atoms with van der Waals surface area (Å²) in [6.45, 7) is 0.271. The topological polar surface area (TPSA) is 98.2 Å². The van der Waals surface area contributed by atoms with Crippen molar-refractivity contribution in [3.63, 3.8) is 0 Å². The second-order valence-corrected chi connectivity index (χ2v) is 5.14. The van der Waals surface area contributed by atoms with E-state index < -0.39 is 23.8 Å². The highest BCUT2D eigenvalue weighted by atomic mass is 16.4. The summed E-state index contributed by atoms with van der Waals surface area (Å²) in [4.78, 5) is 49.9. The van der Waals surface area contributed by atoms with Crippen LogP contribution in [0, 0.1) is 5.92 Å². The fourth-order valence-corrected chi connectivity index (χ4v) is 2.46. The predicted molar refractivity (Wildman–Crippen MR) is 66.7 cm³/mol. The molecule has 0 aromatic carbocycles. The van der Waals surface area contributed by atoms with Crippen molar-refractivity contribution in [2.45, 2.75) is 12.8 Å². The first-order valence-electron chi connectivity index (χ1n) is 6.46. The Bertz CT molecular complexity index is 464. The third kappa shape index (κ3) is 2.73. The van der Waals surface area contributed by atoms with Crippen LogP contribution in [0.15, 0.2) is 0 Å². The lowest BCUT2D eigenvalue weighted by Gasteiger charge is -2.31. The molecule has 4 amide bonds. The molecule has 0 saturated carbocycles. The van der Waals surface area contributed by atoms with Crippen LogP contribution in [0.1, 0.15) is 12.8 Å². The van der Waals surface area contributed by atoms with Crippen molar-refractivity contribution in [3.8, 4) is 0 Å². The smallest absolute Gasteiger partial charge is 0.327 e. The van der Waals surface area contributed by atoms with E-state index in [0.29, 0.717) is 19.4 Å². The van der Waals surface area contributed by atoms with Gasteiger partial charge in [-0.3, -0.25) is 19.3 Å². The SMILES string of the molecule is CN1CC(=O)N(CC(=O)N2CCC[C@H](C(=O)O)C2)C1=O. The molecule has 0 aliphatic carbocycles. The van der Waals surface area contributed by atoms with E-state index in [1.54, 1.807) is 0 Å². The summed E-state index contributed by atoms with van der Waals surface area (Å²) in [5, 5.41) is 8.98. The van der Waals surface area contributed by atoms with Gasteiger partial charge in [-0.25, -0.2) is 4.79 Å². The molecule has 110 valence electrons. The third-order valence-electron chi connectivity index (χ3n) is 3.65. The van der Waals surface area contributed by atoms with Crippen molar-refractivity contribution in [1.82, 2.24) is 14.7 Å². The molecule has 8 nitrogen and oxygen atoms in total. The number of urea groups is 1. The van der Waals surface area contributed by atoms with Gasteiger partial charge >= 0.3 is 12.0 Å². The van der Waals surface area contributed by atoms with E-state index in [1.807, 2.05) is 0 Å². The van der Waals surface area contributed by atoms with Crippen LogP contribution in [0.25, 0.3) is 0 Å². The monoisotopic (exact) mass is 283 g/mol. The van der Waals surface area contributed by atoms with Gasteiger partial charge in [-0.1, -0.05) is 0 Å². The predicted octanol–water partition coefficient (Wildman–Crippen LogP) is -0.796. The zero-order valence-corrected chi connectivity index (χ0v) is 11.2. The number of piperidine rings is 1. The molecule has 2 aliphatic rings. The number of likely N-dealkylation sites (N-methyl/N-ethyl adjacent to an activating group) is 1. The number of amides is 4. The lowest BCUT2D eigenvalue weighted by atomic mass is 9.98. The molecule has 0 spiro atoms. The highest BCUT2D eigenvalue weighted by Gasteiger charge is 2.37. The summed E-state index contributed by atoms with van der Waals surface area (Å²) in [6.07, 6.45) is 1.16. The average Bonchev–Trinajstić information content (AvgIpc) is 2.65. The lowest BCUT2D eigenvalue weighted by molar-refractivity contribution is -0.146. The van der Waals surface area contributed by atoms with Gasteiger partial charge in [0.25, 0.3) is 5.91 Å². The number of carbonyl (C=O) groups is 4. The van der Waals surface area contributed by atoms with E-state index in [1.165, 1.54) is 16.8 Å². The first kappa shape index (κ1) is 14.3. The number of aliphatic carboxylic acids is 1. The highest BCUT2D eigenvalue weighted by molar-refractivity contribution is 6.04. The number of carboxylic acid groups (broad SMARTS) is 1. The van der Waals surface area contributed by atoms with Crippen LogP contribution in [0.2, 0.25) is 0 Å². The maximum absolute atomic E-state index is 12.1. The summed E-state index contributed by atoms with van der Waals surface area (Å²) in [5.74, 6) is -2.28. The molecule has 2 heterocycles. The largest absolute Gasteiger partial charge is 0.481 e. The molecule has 2 aliphatic heterocycles. The number of carbonyl (C=O) groups excluding carboxylic acids is 3. The molecule has 0 unspecified atom stereocenters. The van der Waals surface area contributed by atoms with Gasteiger partial charge in [-0.05, 0) is 12.8 Å². The van der Waals surface area contributed by atoms with Gasteiger partial charge in [-0.2, -0.15) is 0 Å². The fraction of sp³-hybridized carbons (Fsp3) is 0.667. The molecular weight excluding hydrogens is 266 g/mol. The molecule has 2 rings (SSSR count). The van der Waals surface area contributed by atoms with Crippen LogP contribution in [-0.2, 0) is 14.4 Å². The van der Waals surface area contributed by atoms with Crippen LogP contribution in [0.4, 0.5) is 4.79 Å². The molecule has 1 atom stereocenters. The summed E-state index contributed by atoms with van der Waals surface area (Å²) < 4.78 is 0. The second-order valence-electron chi connectivity index (χ2n) is 5.14. The Morgan fingerprint density at radius 2 is 2.05 bits per heavy atom. The van der Waals surface area contributed by atoms with Crippen molar-refractivity contribution in [3.05, 3.63) is 0 Å². The Kier molecular flexibility index (Phi) is 3.91. The van der Waals surface area contributed by atoms with Crippen molar-refractivity contribution in [1.29, 1.82) is 0 Å². The number of hydrogen-bond donors (Lipinski definition) is 1. The van der Waals surface area contributed by atoms with Crippen molar-refractivity contribution in [2.24, 2.45) is 5.92 Å². The summed E-state index contributed by atoms with van der Waals surface area (Å²) in [7, 11) is 1.49. The van der Waals surface area contributed by atoms with Gasteiger partial charge in [0, 0.05) is 20.1 Å². The third-order valence-corrected chi connectivity index (χ3v) is 3.65. The molecule has 0 aromatic heterocycles. The molecule has 1 N–H and O–H groups in total. The Balaban J connectivity index is 1.96. The summed E-state index contributed by atoms with van der Waals surface area (Å²) >= 11 is 0. The Morgan fingerprint density at radius 1 is 1.35 bits per heavy atom. The molecule has 0 radical (unpaired) electrons.